The van der Waals surface area contributed by atoms with Gasteiger partial charge in [0.15, 0.2) is 0 Å². The summed E-state index contributed by atoms with van der Waals surface area (Å²) in [5.41, 5.74) is 0.953. The number of aliphatic hydroxyl groups is 1. The van der Waals surface area contributed by atoms with Crippen LogP contribution in [0.2, 0.25) is 5.02 Å². The summed E-state index contributed by atoms with van der Waals surface area (Å²) in [6.45, 7) is 6.62. The van der Waals surface area contributed by atoms with Crippen molar-refractivity contribution < 1.29 is 5.11 Å². The average Bonchev–Trinajstić information content (AvgIpc) is 2.57. The van der Waals surface area contributed by atoms with E-state index in [1.165, 1.54) is 13.0 Å². The van der Waals surface area contributed by atoms with Crippen molar-refractivity contribution in [3.05, 3.63) is 34.9 Å². The van der Waals surface area contributed by atoms with Gasteiger partial charge in [-0.2, -0.15) is 0 Å². The third-order valence-electron chi connectivity index (χ3n) is 4.13. The summed E-state index contributed by atoms with van der Waals surface area (Å²) < 4.78 is 0. The van der Waals surface area contributed by atoms with E-state index in [1.54, 1.807) is 0 Å². The summed E-state index contributed by atoms with van der Waals surface area (Å²) >= 11 is 5.87. The predicted molar refractivity (Wildman–Crippen MR) is 84.2 cm³/mol. The van der Waals surface area contributed by atoms with Crippen LogP contribution in [0, 0.1) is 0 Å². The van der Waals surface area contributed by atoms with Gasteiger partial charge in [-0.05, 0) is 57.6 Å². The Balaban J connectivity index is 1.86. The highest BCUT2D eigenvalue weighted by molar-refractivity contribution is 6.30. The molecule has 0 bridgehead atoms. The van der Waals surface area contributed by atoms with Crippen molar-refractivity contribution in [1.82, 2.24) is 9.80 Å². The maximum absolute atomic E-state index is 10.3. The molecule has 2 rings (SSSR count). The first kappa shape index (κ1) is 15.8. The maximum atomic E-state index is 10.3. The van der Waals surface area contributed by atoms with Gasteiger partial charge in [-0.1, -0.05) is 23.7 Å². The molecule has 1 aromatic carbocycles. The van der Waals surface area contributed by atoms with Gasteiger partial charge in [0, 0.05) is 24.2 Å². The number of halogens is 1. The van der Waals surface area contributed by atoms with Crippen LogP contribution in [-0.2, 0) is 0 Å². The van der Waals surface area contributed by atoms with Crippen LogP contribution < -0.4 is 0 Å². The van der Waals surface area contributed by atoms with Crippen LogP contribution in [0.3, 0.4) is 0 Å². The standard InChI is InChI=1S/C16H25ClN2O/c1-13-12-18(2)9-3-10-19(13)11-8-16(20)14-4-6-15(17)7-5-14/h4-7,13,16,20H,3,8-12H2,1-2H3. The molecule has 4 heteroatoms. The van der Waals surface area contributed by atoms with E-state index in [0.717, 1.165) is 31.6 Å². The first-order chi connectivity index (χ1) is 9.56. The van der Waals surface area contributed by atoms with Crippen LogP contribution in [-0.4, -0.2) is 54.2 Å². The Morgan fingerprint density at radius 3 is 2.70 bits per heavy atom. The molecular formula is C16H25ClN2O. The smallest absolute Gasteiger partial charge is 0.0802 e. The van der Waals surface area contributed by atoms with Crippen molar-refractivity contribution in [3.8, 4) is 0 Å². The van der Waals surface area contributed by atoms with Gasteiger partial charge in [0.05, 0.1) is 6.10 Å². The van der Waals surface area contributed by atoms with Gasteiger partial charge in [0.25, 0.3) is 0 Å². The normalized spacial score (nSPS) is 23.5. The number of hydrogen-bond acceptors (Lipinski definition) is 3. The Labute approximate surface area is 127 Å². The molecule has 1 fully saturated rings. The molecule has 0 radical (unpaired) electrons. The molecule has 0 aliphatic carbocycles. The van der Waals surface area contributed by atoms with E-state index < -0.39 is 6.10 Å². The van der Waals surface area contributed by atoms with Gasteiger partial charge in [-0.15, -0.1) is 0 Å². The van der Waals surface area contributed by atoms with E-state index >= 15 is 0 Å². The molecule has 0 spiro atoms. The molecule has 2 unspecified atom stereocenters. The second-order valence-corrected chi connectivity index (χ2v) is 6.29. The van der Waals surface area contributed by atoms with E-state index in [2.05, 4.69) is 23.8 Å². The minimum Gasteiger partial charge on any atom is -0.388 e. The summed E-state index contributed by atoms with van der Waals surface area (Å²) in [5, 5.41) is 11.0. The summed E-state index contributed by atoms with van der Waals surface area (Å²) in [5.74, 6) is 0. The van der Waals surface area contributed by atoms with Gasteiger partial charge >= 0.3 is 0 Å². The zero-order valence-electron chi connectivity index (χ0n) is 12.4. The zero-order chi connectivity index (χ0) is 14.5. The summed E-state index contributed by atoms with van der Waals surface area (Å²) in [6.07, 6.45) is 1.58. The van der Waals surface area contributed by atoms with Gasteiger partial charge in [-0.25, -0.2) is 0 Å². The lowest BCUT2D eigenvalue weighted by Crippen LogP contribution is -2.38. The molecule has 0 saturated carbocycles. The minimum absolute atomic E-state index is 0.402. The average molecular weight is 297 g/mol. The Hall–Kier alpha value is -0.610. The van der Waals surface area contributed by atoms with Crippen molar-refractivity contribution >= 4 is 11.6 Å². The van der Waals surface area contributed by atoms with Crippen LogP contribution in [0.4, 0.5) is 0 Å². The Morgan fingerprint density at radius 2 is 2.00 bits per heavy atom. The van der Waals surface area contributed by atoms with Gasteiger partial charge < -0.3 is 10.0 Å². The third kappa shape index (κ3) is 4.45. The lowest BCUT2D eigenvalue weighted by atomic mass is 10.1. The largest absolute Gasteiger partial charge is 0.388 e. The van der Waals surface area contributed by atoms with E-state index in [0.29, 0.717) is 11.1 Å². The van der Waals surface area contributed by atoms with Gasteiger partial charge in [0.1, 0.15) is 0 Å². The van der Waals surface area contributed by atoms with Crippen molar-refractivity contribution in [3.63, 3.8) is 0 Å². The number of nitrogens with zero attached hydrogens (tertiary/aromatic N) is 2. The molecule has 3 nitrogen and oxygen atoms in total. The molecule has 112 valence electrons. The second kappa shape index (κ2) is 7.41. The highest BCUT2D eigenvalue weighted by Crippen LogP contribution is 2.20. The Kier molecular flexibility index (Phi) is 5.85. The van der Waals surface area contributed by atoms with Gasteiger partial charge in [0.2, 0.25) is 0 Å². The minimum atomic E-state index is -0.402. The quantitative estimate of drug-likeness (QED) is 0.925. The van der Waals surface area contributed by atoms with Crippen LogP contribution in [0.5, 0.6) is 0 Å². The molecule has 0 aromatic heterocycles. The van der Waals surface area contributed by atoms with Crippen LogP contribution in [0.25, 0.3) is 0 Å². The van der Waals surface area contributed by atoms with Gasteiger partial charge in [-0.3, -0.25) is 4.90 Å². The maximum Gasteiger partial charge on any atom is 0.0802 e. The topological polar surface area (TPSA) is 26.7 Å². The van der Waals surface area contributed by atoms with Crippen LogP contribution in [0.15, 0.2) is 24.3 Å². The van der Waals surface area contributed by atoms with Crippen molar-refractivity contribution in [2.75, 3.05) is 33.2 Å². The number of rotatable bonds is 4. The number of likely N-dealkylation sites (N-methyl/N-ethyl adjacent to an activating group) is 1. The van der Waals surface area contributed by atoms with Crippen LogP contribution in [0.1, 0.15) is 31.4 Å². The first-order valence-electron chi connectivity index (χ1n) is 7.42. The van der Waals surface area contributed by atoms with Crippen molar-refractivity contribution in [2.45, 2.75) is 31.9 Å². The number of hydrogen-bond donors (Lipinski definition) is 1. The van der Waals surface area contributed by atoms with E-state index in [9.17, 15) is 5.11 Å². The number of benzene rings is 1. The Morgan fingerprint density at radius 1 is 1.30 bits per heavy atom. The van der Waals surface area contributed by atoms with E-state index in [-0.39, 0.29) is 0 Å². The fraction of sp³-hybridized carbons (Fsp3) is 0.625. The van der Waals surface area contributed by atoms with E-state index in [1.807, 2.05) is 24.3 Å². The first-order valence-corrected chi connectivity index (χ1v) is 7.80. The molecule has 1 N–H and O–H groups in total. The molecule has 1 aliphatic heterocycles. The molecule has 1 aliphatic rings. The van der Waals surface area contributed by atoms with Crippen molar-refractivity contribution in [2.24, 2.45) is 0 Å². The fourth-order valence-electron chi connectivity index (χ4n) is 2.89. The zero-order valence-corrected chi connectivity index (χ0v) is 13.2. The highest BCUT2D eigenvalue weighted by Gasteiger charge is 2.20. The second-order valence-electron chi connectivity index (χ2n) is 5.86. The summed E-state index contributed by atoms with van der Waals surface area (Å²) in [7, 11) is 2.18. The van der Waals surface area contributed by atoms with E-state index in [4.69, 9.17) is 11.6 Å². The predicted octanol–water partition coefficient (Wildman–Crippen LogP) is 2.79. The fourth-order valence-corrected chi connectivity index (χ4v) is 3.02. The summed E-state index contributed by atoms with van der Waals surface area (Å²) in [4.78, 5) is 4.88. The molecule has 0 amide bonds. The molecule has 1 heterocycles. The Bertz CT molecular complexity index is 409. The lowest BCUT2D eigenvalue weighted by molar-refractivity contribution is 0.127. The van der Waals surface area contributed by atoms with Crippen molar-refractivity contribution in [1.29, 1.82) is 0 Å². The molecule has 20 heavy (non-hydrogen) atoms. The SMILES string of the molecule is CC1CN(C)CCCN1CCC(O)c1ccc(Cl)cc1. The highest BCUT2D eigenvalue weighted by atomic mass is 35.5. The monoisotopic (exact) mass is 296 g/mol. The molecule has 2 atom stereocenters. The molecular weight excluding hydrogens is 272 g/mol. The third-order valence-corrected chi connectivity index (χ3v) is 4.38. The van der Waals surface area contributed by atoms with Crippen LogP contribution >= 0.6 is 11.6 Å². The number of aliphatic hydroxyl groups excluding tert-OH is 1. The molecule has 1 aromatic rings. The lowest BCUT2D eigenvalue weighted by Gasteiger charge is -2.28. The summed E-state index contributed by atoms with van der Waals surface area (Å²) in [6, 6.07) is 8.05. The molecule has 1 saturated heterocycles.